The van der Waals surface area contributed by atoms with Gasteiger partial charge >= 0.3 is 6.40 Å². The summed E-state index contributed by atoms with van der Waals surface area (Å²) in [5.41, 5.74) is -0.453. The fourth-order valence-electron chi connectivity index (χ4n) is 1.09. The fraction of sp³-hybridized carbons (Fsp3) is 0.857. The van der Waals surface area contributed by atoms with Crippen LogP contribution in [0.2, 0.25) is 0 Å². The third-order valence-electron chi connectivity index (χ3n) is 1.88. The summed E-state index contributed by atoms with van der Waals surface area (Å²) in [5.74, 6) is 0. The Morgan fingerprint density at radius 1 is 1.82 bits per heavy atom. The fourth-order valence-corrected chi connectivity index (χ4v) is 1.09. The standard InChI is InChI=1S/C7H13NO3/c1-7(2)3-6(4-9)11-5-8(7)10/h5-6,9H,3-4H2,1-2H3. The van der Waals surface area contributed by atoms with Crippen molar-refractivity contribution >= 4 is 6.40 Å². The van der Waals surface area contributed by atoms with Crippen LogP contribution in [0, 0.1) is 5.21 Å². The van der Waals surface area contributed by atoms with Gasteiger partial charge in [-0.2, -0.15) is 4.74 Å². The minimum atomic E-state index is -0.453. The van der Waals surface area contributed by atoms with Gasteiger partial charge in [-0.15, -0.1) is 0 Å². The van der Waals surface area contributed by atoms with Crippen LogP contribution in [0.1, 0.15) is 20.3 Å². The third-order valence-corrected chi connectivity index (χ3v) is 1.88. The summed E-state index contributed by atoms with van der Waals surface area (Å²) in [5, 5.41) is 19.8. The maximum absolute atomic E-state index is 11.0. The van der Waals surface area contributed by atoms with Gasteiger partial charge in [0.05, 0.1) is 13.0 Å². The molecule has 64 valence electrons. The van der Waals surface area contributed by atoms with E-state index < -0.39 is 5.54 Å². The number of nitrogens with zero attached hydrogens (tertiary/aromatic N) is 1. The predicted octanol–water partition coefficient (Wildman–Crippen LogP) is 0.0848. The van der Waals surface area contributed by atoms with Crippen molar-refractivity contribution in [3.8, 4) is 0 Å². The van der Waals surface area contributed by atoms with Crippen LogP contribution in [-0.2, 0) is 4.74 Å². The van der Waals surface area contributed by atoms with Gasteiger partial charge in [-0.05, 0) is 0 Å². The second-order valence-corrected chi connectivity index (χ2v) is 3.39. The van der Waals surface area contributed by atoms with Crippen molar-refractivity contribution in [2.45, 2.75) is 31.9 Å². The Bertz CT molecular complexity index is 177. The maximum atomic E-state index is 11.0. The highest BCUT2D eigenvalue weighted by molar-refractivity contribution is 5.41. The number of ether oxygens (including phenoxy) is 1. The zero-order valence-corrected chi connectivity index (χ0v) is 6.78. The number of aliphatic hydroxyl groups excluding tert-OH is 1. The normalized spacial score (nSPS) is 29.0. The molecule has 0 aromatic rings. The van der Waals surface area contributed by atoms with Gasteiger partial charge in [0.25, 0.3) is 0 Å². The van der Waals surface area contributed by atoms with E-state index in [0.29, 0.717) is 6.42 Å². The average molecular weight is 159 g/mol. The quantitative estimate of drug-likeness (QED) is 0.435. The zero-order chi connectivity index (χ0) is 8.48. The highest BCUT2D eigenvalue weighted by atomic mass is 16.6. The number of hydrogen-bond donors (Lipinski definition) is 1. The molecule has 0 saturated heterocycles. The van der Waals surface area contributed by atoms with Gasteiger partial charge < -0.3 is 15.1 Å². The molecular weight excluding hydrogens is 146 g/mol. The molecule has 0 aromatic carbocycles. The summed E-state index contributed by atoms with van der Waals surface area (Å²) in [6.45, 7) is 3.61. The summed E-state index contributed by atoms with van der Waals surface area (Å²) < 4.78 is 5.69. The summed E-state index contributed by atoms with van der Waals surface area (Å²) in [4.78, 5) is 0. The van der Waals surface area contributed by atoms with E-state index in [2.05, 4.69) is 0 Å². The second-order valence-electron chi connectivity index (χ2n) is 3.39. The van der Waals surface area contributed by atoms with Gasteiger partial charge in [0, 0.05) is 13.8 Å². The van der Waals surface area contributed by atoms with Crippen LogP contribution in [0.3, 0.4) is 0 Å². The molecular formula is C7H13NO3. The van der Waals surface area contributed by atoms with E-state index in [4.69, 9.17) is 9.84 Å². The topological polar surface area (TPSA) is 55.5 Å². The Hall–Kier alpha value is -0.770. The molecule has 0 fully saturated rings. The lowest BCUT2D eigenvalue weighted by molar-refractivity contribution is -0.556. The van der Waals surface area contributed by atoms with Crippen LogP contribution in [0.4, 0.5) is 0 Å². The minimum Gasteiger partial charge on any atom is -0.621 e. The molecule has 1 rings (SSSR count). The van der Waals surface area contributed by atoms with Crippen molar-refractivity contribution in [2.75, 3.05) is 6.61 Å². The number of rotatable bonds is 1. The smallest absolute Gasteiger partial charge is 0.336 e. The van der Waals surface area contributed by atoms with Crippen LogP contribution in [0.25, 0.3) is 0 Å². The van der Waals surface area contributed by atoms with Crippen LogP contribution < -0.4 is 0 Å². The number of aliphatic hydroxyl groups is 1. The van der Waals surface area contributed by atoms with Crippen molar-refractivity contribution in [2.24, 2.45) is 0 Å². The van der Waals surface area contributed by atoms with E-state index in [9.17, 15) is 5.21 Å². The van der Waals surface area contributed by atoms with E-state index >= 15 is 0 Å². The summed E-state index contributed by atoms with van der Waals surface area (Å²) in [6.07, 6.45) is 1.46. The Morgan fingerprint density at radius 2 is 2.45 bits per heavy atom. The van der Waals surface area contributed by atoms with Gasteiger partial charge in [-0.25, -0.2) is 0 Å². The van der Waals surface area contributed by atoms with Crippen LogP contribution >= 0.6 is 0 Å². The first-order valence-corrected chi connectivity index (χ1v) is 3.62. The van der Waals surface area contributed by atoms with Gasteiger partial charge in [-0.3, -0.25) is 0 Å². The molecule has 1 N–H and O–H groups in total. The summed E-state index contributed by atoms with van der Waals surface area (Å²) in [7, 11) is 0. The molecule has 1 aliphatic heterocycles. The SMILES string of the molecule is CC1(C)CC(CO)OC=[N+]1[O-]. The van der Waals surface area contributed by atoms with Gasteiger partial charge in [0.15, 0.2) is 5.54 Å². The van der Waals surface area contributed by atoms with Crippen molar-refractivity contribution in [3.63, 3.8) is 0 Å². The van der Waals surface area contributed by atoms with E-state index in [0.717, 1.165) is 11.1 Å². The Kier molecular flexibility index (Phi) is 2.04. The lowest BCUT2D eigenvalue weighted by Gasteiger charge is -2.30. The summed E-state index contributed by atoms with van der Waals surface area (Å²) in [6, 6.07) is 0. The van der Waals surface area contributed by atoms with Gasteiger partial charge in [0.2, 0.25) is 0 Å². The second kappa shape index (κ2) is 2.70. The number of hydroxylamine groups is 1. The molecule has 1 atom stereocenters. The first-order chi connectivity index (χ1) is 5.06. The molecule has 0 bridgehead atoms. The molecule has 0 spiro atoms. The van der Waals surface area contributed by atoms with E-state index in [1.54, 1.807) is 0 Å². The molecule has 0 aromatic heterocycles. The van der Waals surface area contributed by atoms with Crippen molar-refractivity contribution in [1.82, 2.24) is 0 Å². The first-order valence-electron chi connectivity index (χ1n) is 3.62. The maximum Gasteiger partial charge on any atom is 0.336 e. The molecule has 0 radical (unpaired) electrons. The highest BCUT2D eigenvalue weighted by Crippen LogP contribution is 2.20. The Labute approximate surface area is 65.7 Å². The molecule has 1 unspecified atom stereocenters. The molecule has 1 heterocycles. The van der Waals surface area contributed by atoms with Crippen LogP contribution in [0.5, 0.6) is 0 Å². The lowest BCUT2D eigenvalue weighted by Crippen LogP contribution is -2.43. The molecule has 0 amide bonds. The van der Waals surface area contributed by atoms with Gasteiger partial charge in [0.1, 0.15) is 6.10 Å². The molecule has 1 aliphatic rings. The molecule has 0 aliphatic carbocycles. The Morgan fingerprint density at radius 3 is 2.91 bits per heavy atom. The molecule has 11 heavy (non-hydrogen) atoms. The van der Waals surface area contributed by atoms with Gasteiger partial charge in [-0.1, -0.05) is 0 Å². The molecule has 4 nitrogen and oxygen atoms in total. The van der Waals surface area contributed by atoms with Crippen molar-refractivity contribution < 1.29 is 14.6 Å². The third kappa shape index (κ3) is 1.63. The Balaban J connectivity index is 2.69. The first kappa shape index (κ1) is 8.33. The monoisotopic (exact) mass is 159 g/mol. The van der Waals surface area contributed by atoms with E-state index in [-0.39, 0.29) is 12.7 Å². The lowest BCUT2D eigenvalue weighted by atomic mass is 9.97. The van der Waals surface area contributed by atoms with E-state index in [1.807, 2.05) is 13.8 Å². The highest BCUT2D eigenvalue weighted by Gasteiger charge is 2.35. The van der Waals surface area contributed by atoms with Crippen LogP contribution in [-0.4, -0.2) is 34.5 Å². The zero-order valence-electron chi connectivity index (χ0n) is 6.78. The minimum absolute atomic E-state index is 0.0340. The molecule has 0 saturated carbocycles. The largest absolute Gasteiger partial charge is 0.621 e. The molecule has 4 heteroatoms. The summed E-state index contributed by atoms with van der Waals surface area (Å²) >= 11 is 0. The van der Waals surface area contributed by atoms with Crippen molar-refractivity contribution in [1.29, 1.82) is 0 Å². The average Bonchev–Trinajstić information content (AvgIpc) is 1.95. The van der Waals surface area contributed by atoms with Crippen LogP contribution in [0.15, 0.2) is 0 Å². The number of hydrogen-bond acceptors (Lipinski definition) is 3. The van der Waals surface area contributed by atoms with Crippen molar-refractivity contribution in [3.05, 3.63) is 5.21 Å². The predicted molar refractivity (Wildman–Crippen MR) is 40.3 cm³/mol. The van der Waals surface area contributed by atoms with E-state index in [1.165, 1.54) is 0 Å².